The molecule has 1 aliphatic heterocycles. The number of aliphatic imine (C=N–C) groups is 1. The number of hydrogen-bond donors (Lipinski definition) is 0. The van der Waals surface area contributed by atoms with Crippen molar-refractivity contribution in [1.29, 1.82) is 0 Å². The van der Waals surface area contributed by atoms with Gasteiger partial charge in [-0.05, 0) is 43.5 Å². The van der Waals surface area contributed by atoms with Gasteiger partial charge in [-0.2, -0.15) is 0 Å². The SMILES string of the molecule is CC(C)(C)[C@@H]1[C@@H](C(C)(C)C)N=CN1C(c1cccc2ccccc12)c1cccc2ccccc12. The van der Waals surface area contributed by atoms with Gasteiger partial charge in [-0.3, -0.25) is 4.99 Å². The van der Waals surface area contributed by atoms with Crippen molar-refractivity contribution in [3.63, 3.8) is 0 Å². The first-order valence-electron chi connectivity index (χ1n) is 12.4. The lowest BCUT2D eigenvalue weighted by molar-refractivity contribution is 0.0993. The van der Waals surface area contributed by atoms with E-state index in [0.29, 0.717) is 0 Å². The molecule has 4 aromatic carbocycles. The fraction of sp³-hybridized carbons (Fsp3) is 0.344. The van der Waals surface area contributed by atoms with Gasteiger partial charge in [0, 0.05) is 0 Å². The van der Waals surface area contributed by atoms with Crippen LogP contribution in [0.4, 0.5) is 0 Å². The molecule has 0 bridgehead atoms. The van der Waals surface area contributed by atoms with Crippen LogP contribution in [-0.2, 0) is 0 Å². The average Bonchev–Trinajstić information content (AvgIpc) is 3.26. The molecule has 0 amide bonds. The molecule has 0 saturated carbocycles. The second kappa shape index (κ2) is 8.27. The maximum absolute atomic E-state index is 5.17. The number of hydrogen-bond acceptors (Lipinski definition) is 2. The van der Waals surface area contributed by atoms with Crippen LogP contribution in [0.25, 0.3) is 21.5 Å². The van der Waals surface area contributed by atoms with Crippen LogP contribution >= 0.6 is 0 Å². The molecule has 0 aliphatic carbocycles. The lowest BCUT2D eigenvalue weighted by Crippen LogP contribution is -2.51. The maximum Gasteiger partial charge on any atom is 0.0865 e. The van der Waals surface area contributed by atoms with Crippen molar-refractivity contribution in [2.24, 2.45) is 15.8 Å². The molecule has 2 nitrogen and oxygen atoms in total. The van der Waals surface area contributed by atoms with Crippen LogP contribution in [0, 0.1) is 10.8 Å². The third kappa shape index (κ3) is 3.90. The van der Waals surface area contributed by atoms with Crippen molar-refractivity contribution in [2.75, 3.05) is 0 Å². The van der Waals surface area contributed by atoms with Gasteiger partial charge in [0.05, 0.1) is 24.5 Å². The van der Waals surface area contributed by atoms with Gasteiger partial charge in [0.2, 0.25) is 0 Å². The molecular formula is C32H36N2. The van der Waals surface area contributed by atoms with Crippen LogP contribution in [0.2, 0.25) is 0 Å². The Kier molecular flexibility index (Phi) is 5.51. The predicted octanol–water partition coefficient (Wildman–Crippen LogP) is 8.26. The van der Waals surface area contributed by atoms with Crippen molar-refractivity contribution in [2.45, 2.75) is 59.7 Å². The standard InChI is InChI=1S/C32H36N2/c1-31(2,3)29-30(32(4,5)6)34(21-33-29)28(26-19-11-15-22-13-7-9-17-24(22)26)27-20-12-16-23-14-8-10-18-25(23)27/h7-21,28-30H,1-6H3/t29-,30-/m0/s1. The fourth-order valence-corrected chi connectivity index (χ4v) is 5.78. The van der Waals surface area contributed by atoms with Crippen molar-refractivity contribution in [1.82, 2.24) is 4.90 Å². The molecule has 2 atom stereocenters. The minimum Gasteiger partial charge on any atom is -0.346 e. The van der Waals surface area contributed by atoms with Gasteiger partial charge in [-0.25, -0.2) is 0 Å². The highest BCUT2D eigenvalue weighted by Gasteiger charge is 2.47. The maximum atomic E-state index is 5.17. The van der Waals surface area contributed by atoms with Crippen molar-refractivity contribution in [3.8, 4) is 0 Å². The highest BCUT2D eigenvalue weighted by molar-refractivity contribution is 5.90. The quantitative estimate of drug-likeness (QED) is 0.308. The Balaban J connectivity index is 1.80. The molecule has 0 radical (unpaired) electrons. The lowest BCUT2D eigenvalue weighted by atomic mass is 9.72. The molecule has 34 heavy (non-hydrogen) atoms. The highest BCUT2D eigenvalue weighted by Crippen LogP contribution is 2.46. The van der Waals surface area contributed by atoms with E-state index >= 15 is 0 Å². The second-order valence-corrected chi connectivity index (χ2v) is 11.9. The minimum absolute atomic E-state index is 0.0574. The Morgan fingerprint density at radius 2 is 1.09 bits per heavy atom. The van der Waals surface area contributed by atoms with E-state index in [1.165, 1.54) is 32.7 Å². The molecule has 0 aromatic heterocycles. The van der Waals surface area contributed by atoms with E-state index in [1.807, 2.05) is 0 Å². The zero-order valence-electron chi connectivity index (χ0n) is 21.3. The van der Waals surface area contributed by atoms with Gasteiger partial charge in [-0.1, -0.05) is 126 Å². The normalized spacial score (nSPS) is 19.0. The topological polar surface area (TPSA) is 15.6 Å². The second-order valence-electron chi connectivity index (χ2n) is 11.9. The number of fused-ring (bicyclic) bond motifs is 2. The Morgan fingerprint density at radius 3 is 1.56 bits per heavy atom. The summed E-state index contributed by atoms with van der Waals surface area (Å²) in [6.07, 6.45) is 2.15. The van der Waals surface area contributed by atoms with Crippen LogP contribution in [0.15, 0.2) is 89.9 Å². The molecule has 174 valence electrons. The Morgan fingerprint density at radius 1 is 0.618 bits per heavy atom. The molecule has 0 spiro atoms. The molecular weight excluding hydrogens is 412 g/mol. The number of benzene rings is 4. The van der Waals surface area contributed by atoms with Crippen LogP contribution in [-0.4, -0.2) is 23.3 Å². The summed E-state index contributed by atoms with van der Waals surface area (Å²) in [6, 6.07) is 31.6. The third-order valence-corrected chi connectivity index (χ3v) is 7.29. The van der Waals surface area contributed by atoms with E-state index in [1.54, 1.807) is 0 Å². The summed E-state index contributed by atoms with van der Waals surface area (Å²) < 4.78 is 0. The lowest BCUT2D eigenvalue weighted by Gasteiger charge is -2.45. The Hall–Kier alpha value is -3.13. The van der Waals surface area contributed by atoms with Gasteiger partial charge in [0.1, 0.15) is 0 Å². The van der Waals surface area contributed by atoms with E-state index in [4.69, 9.17) is 4.99 Å². The first kappa shape index (κ1) is 22.7. The molecule has 0 fully saturated rings. The summed E-state index contributed by atoms with van der Waals surface area (Å²) in [5, 5.41) is 5.17. The van der Waals surface area contributed by atoms with Crippen molar-refractivity contribution >= 4 is 27.9 Å². The number of nitrogens with zero attached hydrogens (tertiary/aromatic N) is 2. The van der Waals surface area contributed by atoms with E-state index in [-0.39, 0.29) is 29.0 Å². The average molecular weight is 449 g/mol. The molecule has 4 aromatic rings. The molecule has 5 rings (SSSR count). The van der Waals surface area contributed by atoms with Crippen LogP contribution in [0.5, 0.6) is 0 Å². The van der Waals surface area contributed by atoms with E-state index in [9.17, 15) is 0 Å². The summed E-state index contributed by atoms with van der Waals surface area (Å²) in [4.78, 5) is 7.74. The molecule has 1 aliphatic rings. The monoisotopic (exact) mass is 448 g/mol. The highest BCUT2D eigenvalue weighted by atomic mass is 15.3. The summed E-state index contributed by atoms with van der Waals surface area (Å²) in [7, 11) is 0. The van der Waals surface area contributed by atoms with Gasteiger partial charge < -0.3 is 4.90 Å². The smallest absolute Gasteiger partial charge is 0.0865 e. The van der Waals surface area contributed by atoms with Crippen molar-refractivity contribution < 1.29 is 0 Å². The summed E-state index contributed by atoms with van der Waals surface area (Å²) in [5.41, 5.74) is 2.81. The first-order chi connectivity index (χ1) is 16.2. The first-order valence-corrected chi connectivity index (χ1v) is 12.4. The van der Waals surface area contributed by atoms with Crippen LogP contribution in [0.1, 0.15) is 58.7 Å². The number of rotatable bonds is 3. The molecule has 0 saturated heterocycles. The predicted molar refractivity (Wildman–Crippen MR) is 147 cm³/mol. The summed E-state index contributed by atoms with van der Waals surface area (Å²) >= 11 is 0. The van der Waals surface area contributed by atoms with E-state index in [0.717, 1.165) is 0 Å². The van der Waals surface area contributed by atoms with Gasteiger partial charge in [0.25, 0.3) is 0 Å². The Labute approximate surface area is 204 Å². The molecule has 2 heteroatoms. The zero-order chi connectivity index (χ0) is 24.1. The fourth-order valence-electron chi connectivity index (χ4n) is 5.78. The largest absolute Gasteiger partial charge is 0.346 e. The third-order valence-electron chi connectivity index (χ3n) is 7.29. The minimum atomic E-state index is 0.0574. The van der Waals surface area contributed by atoms with E-state index in [2.05, 4.69) is 138 Å². The summed E-state index contributed by atoms with van der Waals surface area (Å²) in [5.74, 6) is 0. The van der Waals surface area contributed by atoms with Gasteiger partial charge >= 0.3 is 0 Å². The molecule has 0 unspecified atom stereocenters. The van der Waals surface area contributed by atoms with Gasteiger partial charge in [-0.15, -0.1) is 0 Å². The van der Waals surface area contributed by atoms with Crippen LogP contribution < -0.4 is 0 Å². The van der Waals surface area contributed by atoms with E-state index < -0.39 is 0 Å². The molecule has 0 N–H and O–H groups in total. The van der Waals surface area contributed by atoms with Crippen molar-refractivity contribution in [3.05, 3.63) is 96.1 Å². The van der Waals surface area contributed by atoms with Gasteiger partial charge in [0.15, 0.2) is 0 Å². The van der Waals surface area contributed by atoms with Crippen LogP contribution in [0.3, 0.4) is 0 Å². The molecule has 1 heterocycles. The zero-order valence-corrected chi connectivity index (χ0v) is 21.3. The Bertz CT molecular complexity index is 1260. The summed E-state index contributed by atoms with van der Waals surface area (Å²) in [6.45, 7) is 14.1.